The summed E-state index contributed by atoms with van der Waals surface area (Å²) in [5.41, 5.74) is 3.10. The van der Waals surface area contributed by atoms with Gasteiger partial charge in [0.2, 0.25) is 0 Å². The molecule has 0 aromatic heterocycles. The van der Waals surface area contributed by atoms with Crippen LogP contribution in [0.1, 0.15) is 74.5 Å². The quantitative estimate of drug-likeness (QED) is 0.756. The first kappa shape index (κ1) is 19.2. The van der Waals surface area contributed by atoms with E-state index in [4.69, 9.17) is 5.11 Å². The van der Waals surface area contributed by atoms with Gasteiger partial charge in [-0.1, -0.05) is 19.6 Å². The van der Waals surface area contributed by atoms with Crippen molar-refractivity contribution >= 4 is 17.8 Å². The van der Waals surface area contributed by atoms with Crippen molar-refractivity contribution in [2.45, 2.75) is 64.2 Å². The number of carboxylic acids is 1. The van der Waals surface area contributed by atoms with Crippen LogP contribution in [-0.4, -0.2) is 22.0 Å². The molecule has 0 bridgehead atoms. The lowest BCUT2D eigenvalue weighted by Gasteiger charge is -2.50. The molecule has 28 heavy (non-hydrogen) atoms. The first-order valence-electron chi connectivity index (χ1n) is 10.6. The van der Waals surface area contributed by atoms with E-state index in [2.05, 4.69) is 19.6 Å². The Kier molecular flexibility index (Phi) is 4.84. The molecule has 0 heterocycles. The predicted octanol–water partition coefficient (Wildman–Crippen LogP) is 4.94. The summed E-state index contributed by atoms with van der Waals surface area (Å²) in [4.78, 5) is 23.9. The maximum Gasteiger partial charge on any atom is 0.303 e. The molecule has 0 saturated heterocycles. The van der Waals surface area contributed by atoms with Gasteiger partial charge in [0.25, 0.3) is 0 Å². The number of carboxylic acid groups (broad SMARTS) is 1. The summed E-state index contributed by atoms with van der Waals surface area (Å²) < 4.78 is 0. The van der Waals surface area contributed by atoms with E-state index >= 15 is 0 Å². The average molecular weight is 383 g/mol. The topological polar surface area (TPSA) is 74.6 Å². The number of benzene rings is 1. The van der Waals surface area contributed by atoms with Crippen molar-refractivity contribution < 1.29 is 19.8 Å². The van der Waals surface area contributed by atoms with Crippen LogP contribution in [0.15, 0.2) is 18.7 Å². The molecule has 4 nitrogen and oxygen atoms in total. The second kappa shape index (κ2) is 7.06. The SMILES string of the molecule is C=Cc1cc2c(cc1O)CC[C@H]1[C@@H]3[C@@H](CCCC(=O)O)CC(=O)[C@@]3(C)CC[C@H]21. The Hall–Kier alpha value is -2.10. The van der Waals surface area contributed by atoms with Gasteiger partial charge in [-0.25, -0.2) is 0 Å². The molecule has 0 unspecified atom stereocenters. The number of Topliss-reactive ketones (excluding diaryl/α,β-unsaturated/α-hetero) is 1. The van der Waals surface area contributed by atoms with Gasteiger partial charge in [0.05, 0.1) is 0 Å². The highest BCUT2D eigenvalue weighted by atomic mass is 16.4. The summed E-state index contributed by atoms with van der Waals surface area (Å²) >= 11 is 0. The molecule has 3 aliphatic carbocycles. The number of hydrogen-bond acceptors (Lipinski definition) is 3. The monoisotopic (exact) mass is 382 g/mol. The molecular formula is C24H30O4. The number of aromatic hydroxyl groups is 1. The zero-order chi connectivity index (χ0) is 20.1. The molecule has 1 aromatic carbocycles. The normalized spacial score (nSPS) is 33.7. The maximum atomic E-state index is 12.9. The molecule has 0 aliphatic heterocycles. The Labute approximate surface area is 166 Å². The molecular weight excluding hydrogens is 352 g/mol. The van der Waals surface area contributed by atoms with E-state index in [0.29, 0.717) is 48.0 Å². The Balaban J connectivity index is 1.65. The molecule has 150 valence electrons. The number of ketones is 1. The van der Waals surface area contributed by atoms with Crippen LogP contribution >= 0.6 is 0 Å². The molecule has 1 aromatic rings. The number of rotatable bonds is 5. The van der Waals surface area contributed by atoms with Crippen LogP contribution in [-0.2, 0) is 16.0 Å². The van der Waals surface area contributed by atoms with Crippen LogP contribution in [0, 0.1) is 23.2 Å². The standard InChI is InChI=1S/C24H30O4/c1-3-14-11-19-15(12-20(14)25)7-8-18-17(19)9-10-24(2)21(26)13-16(23(18)24)5-4-6-22(27)28/h3,11-12,16-18,23,25H,1,4-10,13H2,2H3,(H,27,28)/t16-,17-,18+,23-,24+/m0/s1. The van der Waals surface area contributed by atoms with Crippen LogP contribution in [0.4, 0.5) is 0 Å². The van der Waals surface area contributed by atoms with E-state index in [1.165, 1.54) is 11.1 Å². The van der Waals surface area contributed by atoms with Gasteiger partial charge in [-0.3, -0.25) is 9.59 Å². The molecule has 4 heteroatoms. The summed E-state index contributed by atoms with van der Waals surface area (Å²) in [5, 5.41) is 19.2. The Morgan fingerprint density at radius 1 is 1.36 bits per heavy atom. The van der Waals surface area contributed by atoms with E-state index in [1.54, 1.807) is 6.08 Å². The van der Waals surface area contributed by atoms with Crippen molar-refractivity contribution in [1.29, 1.82) is 0 Å². The van der Waals surface area contributed by atoms with Gasteiger partial charge in [-0.2, -0.15) is 0 Å². The van der Waals surface area contributed by atoms with E-state index in [-0.39, 0.29) is 11.8 Å². The average Bonchev–Trinajstić information content (AvgIpc) is 2.91. The highest BCUT2D eigenvalue weighted by Crippen LogP contribution is 2.62. The molecule has 4 rings (SSSR count). The van der Waals surface area contributed by atoms with Crippen molar-refractivity contribution in [3.05, 3.63) is 35.4 Å². The number of phenols is 1. The summed E-state index contributed by atoms with van der Waals surface area (Å²) in [6.45, 7) is 5.99. The third-order valence-corrected chi connectivity index (χ3v) is 7.90. The summed E-state index contributed by atoms with van der Waals surface area (Å²) in [7, 11) is 0. The number of aliphatic carboxylic acids is 1. The minimum Gasteiger partial charge on any atom is -0.507 e. The molecule has 2 N–H and O–H groups in total. The zero-order valence-corrected chi connectivity index (χ0v) is 16.6. The fourth-order valence-electron chi connectivity index (χ4n) is 6.63. The van der Waals surface area contributed by atoms with E-state index < -0.39 is 5.97 Å². The highest BCUT2D eigenvalue weighted by molar-refractivity contribution is 5.87. The first-order chi connectivity index (χ1) is 13.3. The minimum absolute atomic E-state index is 0.188. The van der Waals surface area contributed by atoms with Crippen molar-refractivity contribution in [3.8, 4) is 5.75 Å². The largest absolute Gasteiger partial charge is 0.507 e. The second-order valence-corrected chi connectivity index (χ2v) is 9.28. The lowest BCUT2D eigenvalue weighted by molar-refractivity contribution is -0.137. The van der Waals surface area contributed by atoms with Gasteiger partial charge in [0.15, 0.2) is 0 Å². The molecule has 2 saturated carbocycles. The van der Waals surface area contributed by atoms with E-state index in [1.807, 2.05) is 6.07 Å². The van der Waals surface area contributed by atoms with Crippen LogP contribution < -0.4 is 0 Å². The molecule has 2 fully saturated rings. The summed E-state index contributed by atoms with van der Waals surface area (Å²) in [6.07, 6.45) is 7.91. The van der Waals surface area contributed by atoms with Crippen LogP contribution in [0.25, 0.3) is 6.08 Å². The predicted molar refractivity (Wildman–Crippen MR) is 108 cm³/mol. The van der Waals surface area contributed by atoms with Crippen LogP contribution in [0.2, 0.25) is 0 Å². The third-order valence-electron chi connectivity index (χ3n) is 7.90. The third kappa shape index (κ3) is 2.98. The van der Waals surface area contributed by atoms with Crippen LogP contribution in [0.5, 0.6) is 5.75 Å². The summed E-state index contributed by atoms with van der Waals surface area (Å²) in [6, 6.07) is 4.01. The summed E-state index contributed by atoms with van der Waals surface area (Å²) in [5.74, 6) is 1.49. The van der Waals surface area contributed by atoms with Gasteiger partial charge in [0.1, 0.15) is 11.5 Å². The number of phenolic OH excluding ortho intramolecular Hbond substituents is 1. The second-order valence-electron chi connectivity index (χ2n) is 9.28. The number of carbonyl (C=O) groups excluding carboxylic acids is 1. The van der Waals surface area contributed by atoms with Crippen molar-refractivity contribution in [1.82, 2.24) is 0 Å². The van der Waals surface area contributed by atoms with Crippen LogP contribution in [0.3, 0.4) is 0 Å². The highest BCUT2D eigenvalue weighted by Gasteiger charge is 2.58. The van der Waals surface area contributed by atoms with Gasteiger partial charge in [-0.15, -0.1) is 0 Å². The molecule has 3 aliphatic rings. The van der Waals surface area contributed by atoms with Gasteiger partial charge >= 0.3 is 5.97 Å². The maximum absolute atomic E-state index is 12.9. The lowest BCUT2D eigenvalue weighted by Crippen LogP contribution is -2.44. The molecule has 5 atom stereocenters. The smallest absolute Gasteiger partial charge is 0.303 e. The number of fused-ring (bicyclic) bond motifs is 5. The number of hydrogen-bond donors (Lipinski definition) is 2. The molecule has 0 amide bonds. The molecule has 0 radical (unpaired) electrons. The van der Waals surface area contributed by atoms with E-state index in [9.17, 15) is 14.7 Å². The Morgan fingerprint density at radius 3 is 2.86 bits per heavy atom. The van der Waals surface area contributed by atoms with Crippen molar-refractivity contribution in [2.24, 2.45) is 23.2 Å². The molecule has 0 spiro atoms. The Morgan fingerprint density at radius 2 is 2.14 bits per heavy atom. The van der Waals surface area contributed by atoms with Gasteiger partial charge < -0.3 is 10.2 Å². The Bertz CT molecular complexity index is 826. The van der Waals surface area contributed by atoms with Gasteiger partial charge in [-0.05, 0) is 85.5 Å². The lowest BCUT2D eigenvalue weighted by atomic mass is 9.54. The fourth-order valence-corrected chi connectivity index (χ4v) is 6.63. The van der Waals surface area contributed by atoms with Crippen molar-refractivity contribution in [2.75, 3.05) is 0 Å². The van der Waals surface area contributed by atoms with E-state index in [0.717, 1.165) is 37.7 Å². The first-order valence-corrected chi connectivity index (χ1v) is 10.6. The van der Waals surface area contributed by atoms with Crippen molar-refractivity contribution in [3.63, 3.8) is 0 Å². The fraction of sp³-hybridized carbons (Fsp3) is 0.583. The van der Waals surface area contributed by atoms with Gasteiger partial charge in [0, 0.05) is 23.8 Å². The number of carbonyl (C=O) groups is 2. The number of aryl methyl sites for hydroxylation is 1. The zero-order valence-electron chi connectivity index (χ0n) is 16.6. The minimum atomic E-state index is -0.753.